The Bertz CT molecular complexity index is 310. The van der Waals surface area contributed by atoms with Crippen LogP contribution in [0.3, 0.4) is 0 Å². The Kier molecular flexibility index (Phi) is 3.61. The van der Waals surface area contributed by atoms with Gasteiger partial charge in [-0.25, -0.2) is 4.98 Å². The minimum atomic E-state index is -1.14. The lowest BCUT2D eigenvalue weighted by Gasteiger charge is -2.06. The third kappa shape index (κ3) is 3.15. The molecule has 1 rings (SSSR count). The van der Waals surface area contributed by atoms with Gasteiger partial charge in [0.1, 0.15) is 11.9 Å². The molecule has 1 heterocycles. The van der Waals surface area contributed by atoms with Crippen molar-refractivity contribution >= 4 is 5.91 Å². The summed E-state index contributed by atoms with van der Waals surface area (Å²) >= 11 is 0. The topological polar surface area (TPSA) is 104 Å². The predicted molar refractivity (Wildman–Crippen MR) is 50.2 cm³/mol. The number of H-pyrrole nitrogens is 1. The van der Waals surface area contributed by atoms with E-state index in [9.17, 15) is 4.79 Å². The number of primary amides is 1. The van der Waals surface area contributed by atoms with Crippen molar-refractivity contribution in [1.82, 2.24) is 15.3 Å². The largest absolute Gasteiger partial charge is 0.382 e. The van der Waals surface area contributed by atoms with Crippen LogP contribution in [-0.2, 0) is 11.3 Å². The quantitative estimate of drug-likeness (QED) is 0.469. The van der Waals surface area contributed by atoms with E-state index in [1.807, 2.05) is 6.92 Å². The SMILES string of the molecule is Cc1ncc(CNCC(O)C(N)=O)[nH]1. The van der Waals surface area contributed by atoms with Gasteiger partial charge in [0, 0.05) is 25.0 Å². The lowest BCUT2D eigenvalue weighted by atomic mass is 10.3. The molecule has 0 aromatic carbocycles. The Morgan fingerprint density at radius 2 is 2.57 bits per heavy atom. The van der Waals surface area contributed by atoms with Gasteiger partial charge in [0.05, 0.1) is 0 Å². The van der Waals surface area contributed by atoms with E-state index in [1.165, 1.54) is 0 Å². The zero-order chi connectivity index (χ0) is 10.6. The second kappa shape index (κ2) is 4.73. The minimum Gasteiger partial charge on any atom is -0.382 e. The van der Waals surface area contributed by atoms with E-state index in [2.05, 4.69) is 15.3 Å². The van der Waals surface area contributed by atoms with E-state index < -0.39 is 12.0 Å². The number of aromatic nitrogens is 2. The molecule has 0 aliphatic rings. The summed E-state index contributed by atoms with van der Waals surface area (Å²) in [7, 11) is 0. The van der Waals surface area contributed by atoms with Crippen LogP contribution in [0.1, 0.15) is 11.5 Å². The van der Waals surface area contributed by atoms with Crippen LogP contribution >= 0.6 is 0 Å². The van der Waals surface area contributed by atoms with Crippen LogP contribution in [0.2, 0.25) is 0 Å². The molecule has 0 radical (unpaired) electrons. The molecule has 0 bridgehead atoms. The third-order valence-corrected chi connectivity index (χ3v) is 1.74. The van der Waals surface area contributed by atoms with Crippen LogP contribution in [0, 0.1) is 6.92 Å². The van der Waals surface area contributed by atoms with Crippen molar-refractivity contribution in [2.24, 2.45) is 5.73 Å². The highest BCUT2D eigenvalue weighted by Gasteiger charge is 2.09. The highest BCUT2D eigenvalue weighted by Crippen LogP contribution is 1.94. The van der Waals surface area contributed by atoms with Crippen molar-refractivity contribution in [2.75, 3.05) is 6.54 Å². The van der Waals surface area contributed by atoms with E-state index in [0.29, 0.717) is 6.54 Å². The average molecular weight is 198 g/mol. The van der Waals surface area contributed by atoms with Gasteiger partial charge >= 0.3 is 0 Å². The van der Waals surface area contributed by atoms with Crippen LogP contribution in [0.25, 0.3) is 0 Å². The molecule has 5 N–H and O–H groups in total. The van der Waals surface area contributed by atoms with Gasteiger partial charge in [0.2, 0.25) is 5.91 Å². The Morgan fingerprint density at radius 1 is 1.86 bits per heavy atom. The summed E-state index contributed by atoms with van der Waals surface area (Å²) in [6, 6.07) is 0. The van der Waals surface area contributed by atoms with E-state index in [0.717, 1.165) is 11.5 Å². The second-order valence-corrected chi connectivity index (χ2v) is 3.04. The highest BCUT2D eigenvalue weighted by molar-refractivity contribution is 5.78. The summed E-state index contributed by atoms with van der Waals surface area (Å²) in [4.78, 5) is 17.5. The normalized spacial score (nSPS) is 12.7. The number of aliphatic hydroxyl groups is 1. The van der Waals surface area contributed by atoms with Gasteiger partial charge in [-0.15, -0.1) is 0 Å². The van der Waals surface area contributed by atoms with Crippen molar-refractivity contribution < 1.29 is 9.90 Å². The number of carbonyl (C=O) groups is 1. The molecule has 0 fully saturated rings. The molecule has 1 unspecified atom stereocenters. The average Bonchev–Trinajstić information content (AvgIpc) is 2.51. The van der Waals surface area contributed by atoms with E-state index >= 15 is 0 Å². The van der Waals surface area contributed by atoms with E-state index in [-0.39, 0.29) is 6.54 Å². The van der Waals surface area contributed by atoms with Crippen molar-refractivity contribution in [2.45, 2.75) is 19.6 Å². The standard InChI is InChI=1S/C8H14N4O2/c1-5-11-3-6(12-5)2-10-4-7(13)8(9)14/h3,7,10,13H,2,4H2,1H3,(H2,9,14)(H,11,12). The van der Waals surface area contributed by atoms with Crippen molar-refractivity contribution in [3.8, 4) is 0 Å². The monoisotopic (exact) mass is 198 g/mol. The number of nitrogens with zero attached hydrogens (tertiary/aromatic N) is 1. The molecule has 0 spiro atoms. The maximum absolute atomic E-state index is 10.5. The van der Waals surface area contributed by atoms with Gasteiger partial charge in [0.25, 0.3) is 0 Å². The number of nitrogens with one attached hydrogen (secondary N) is 2. The summed E-state index contributed by atoms with van der Waals surface area (Å²) in [6.07, 6.45) is 0.554. The number of amides is 1. The lowest BCUT2D eigenvalue weighted by Crippen LogP contribution is -2.37. The number of aryl methyl sites for hydroxylation is 1. The fraction of sp³-hybridized carbons (Fsp3) is 0.500. The summed E-state index contributed by atoms with van der Waals surface area (Å²) in [6.45, 7) is 2.51. The third-order valence-electron chi connectivity index (χ3n) is 1.74. The Hall–Kier alpha value is -1.40. The summed E-state index contributed by atoms with van der Waals surface area (Å²) < 4.78 is 0. The maximum Gasteiger partial charge on any atom is 0.247 e. The molecule has 0 aliphatic heterocycles. The zero-order valence-electron chi connectivity index (χ0n) is 7.95. The van der Waals surface area contributed by atoms with Crippen LogP contribution in [-0.4, -0.2) is 33.6 Å². The van der Waals surface area contributed by atoms with Crippen molar-refractivity contribution in [3.05, 3.63) is 17.7 Å². The first-order valence-corrected chi connectivity index (χ1v) is 4.28. The van der Waals surface area contributed by atoms with Crippen molar-refractivity contribution in [3.63, 3.8) is 0 Å². The van der Waals surface area contributed by atoms with Gasteiger partial charge in [-0.1, -0.05) is 0 Å². The van der Waals surface area contributed by atoms with Crippen LogP contribution < -0.4 is 11.1 Å². The first kappa shape index (κ1) is 10.7. The number of aliphatic hydroxyl groups excluding tert-OH is 1. The number of rotatable bonds is 5. The van der Waals surface area contributed by atoms with E-state index in [1.54, 1.807) is 6.20 Å². The van der Waals surface area contributed by atoms with Gasteiger partial charge in [-0.3, -0.25) is 4.79 Å². The smallest absolute Gasteiger partial charge is 0.247 e. The van der Waals surface area contributed by atoms with Crippen LogP contribution in [0.5, 0.6) is 0 Å². The molecule has 6 heteroatoms. The summed E-state index contributed by atoms with van der Waals surface area (Å²) in [5.41, 5.74) is 5.77. The summed E-state index contributed by atoms with van der Waals surface area (Å²) in [5, 5.41) is 11.9. The molecule has 0 saturated heterocycles. The Morgan fingerprint density at radius 3 is 3.07 bits per heavy atom. The molecule has 1 aromatic heterocycles. The number of aromatic amines is 1. The fourth-order valence-electron chi connectivity index (χ4n) is 1.01. The second-order valence-electron chi connectivity index (χ2n) is 3.04. The number of nitrogens with two attached hydrogens (primary N) is 1. The Balaban J connectivity index is 2.25. The van der Waals surface area contributed by atoms with Crippen LogP contribution in [0.4, 0.5) is 0 Å². The molecule has 1 aromatic rings. The minimum absolute atomic E-state index is 0.146. The van der Waals surface area contributed by atoms with Crippen LogP contribution in [0.15, 0.2) is 6.20 Å². The predicted octanol–water partition coefficient (Wildman–Crippen LogP) is -1.35. The zero-order valence-corrected chi connectivity index (χ0v) is 7.95. The molecular formula is C8H14N4O2. The molecule has 78 valence electrons. The molecule has 6 nitrogen and oxygen atoms in total. The first-order chi connectivity index (χ1) is 6.59. The van der Waals surface area contributed by atoms with Gasteiger partial charge in [-0.2, -0.15) is 0 Å². The lowest BCUT2D eigenvalue weighted by molar-refractivity contribution is -0.125. The van der Waals surface area contributed by atoms with Gasteiger partial charge < -0.3 is 21.1 Å². The molecule has 1 amide bonds. The molecule has 1 atom stereocenters. The van der Waals surface area contributed by atoms with Crippen molar-refractivity contribution in [1.29, 1.82) is 0 Å². The van der Waals surface area contributed by atoms with Gasteiger partial charge in [0.15, 0.2) is 0 Å². The number of hydrogen-bond donors (Lipinski definition) is 4. The number of imidazole rings is 1. The Labute approximate surface area is 81.5 Å². The number of hydrogen-bond acceptors (Lipinski definition) is 4. The summed E-state index contributed by atoms with van der Waals surface area (Å²) in [5.74, 6) is 0.107. The maximum atomic E-state index is 10.5. The number of carbonyl (C=O) groups excluding carboxylic acids is 1. The molecule has 0 saturated carbocycles. The molecule has 0 aliphatic carbocycles. The first-order valence-electron chi connectivity index (χ1n) is 4.28. The molecular weight excluding hydrogens is 184 g/mol. The highest BCUT2D eigenvalue weighted by atomic mass is 16.3. The fourth-order valence-corrected chi connectivity index (χ4v) is 1.01. The molecule has 14 heavy (non-hydrogen) atoms. The van der Waals surface area contributed by atoms with E-state index in [4.69, 9.17) is 10.8 Å². The van der Waals surface area contributed by atoms with Gasteiger partial charge in [-0.05, 0) is 6.92 Å².